The molecule has 21 heavy (non-hydrogen) atoms. The van der Waals surface area contributed by atoms with E-state index in [-0.39, 0.29) is 16.7 Å². The van der Waals surface area contributed by atoms with Crippen molar-refractivity contribution < 1.29 is 14.3 Å². The number of hydrogen-bond donors (Lipinski definition) is 1. The van der Waals surface area contributed by atoms with E-state index in [1.807, 2.05) is 20.8 Å². The van der Waals surface area contributed by atoms with Crippen molar-refractivity contribution >= 4 is 5.78 Å². The number of ketones is 1. The summed E-state index contributed by atoms with van der Waals surface area (Å²) >= 11 is 0. The summed E-state index contributed by atoms with van der Waals surface area (Å²) in [6.07, 6.45) is 0. The number of nitrogens with two attached hydrogens (primary N) is 1. The van der Waals surface area contributed by atoms with Crippen LogP contribution in [0.3, 0.4) is 0 Å². The molecule has 0 aromatic heterocycles. The zero-order valence-electron chi connectivity index (χ0n) is 14.7. The molecule has 0 rings (SSSR count). The smallest absolute Gasteiger partial charge is 0.152 e. The van der Waals surface area contributed by atoms with Gasteiger partial charge in [0.2, 0.25) is 0 Å². The highest BCUT2D eigenvalue weighted by Gasteiger charge is 2.28. The standard InChI is InChI=1S/C16H34N2O3/c1-15(2,3)14(19)13-18(16(4,5)6)8-10-21-12-11-20-9-7-17/h7-13,17H2,1-6H3. The molecule has 0 amide bonds. The Labute approximate surface area is 130 Å². The summed E-state index contributed by atoms with van der Waals surface area (Å²) < 4.78 is 10.8. The summed E-state index contributed by atoms with van der Waals surface area (Å²) in [4.78, 5) is 14.4. The lowest BCUT2D eigenvalue weighted by Gasteiger charge is -2.36. The molecule has 126 valence electrons. The topological polar surface area (TPSA) is 64.8 Å². The van der Waals surface area contributed by atoms with E-state index in [1.165, 1.54) is 0 Å². The van der Waals surface area contributed by atoms with Crippen molar-refractivity contribution in [3.8, 4) is 0 Å². The molecule has 0 radical (unpaired) electrons. The molecule has 0 saturated heterocycles. The number of carbonyl (C=O) groups is 1. The lowest BCUT2D eigenvalue weighted by Crippen LogP contribution is -2.48. The first-order valence-corrected chi connectivity index (χ1v) is 7.73. The molecular weight excluding hydrogens is 268 g/mol. The van der Waals surface area contributed by atoms with Gasteiger partial charge < -0.3 is 15.2 Å². The van der Waals surface area contributed by atoms with Crippen LogP contribution in [0.2, 0.25) is 0 Å². The fourth-order valence-electron chi connectivity index (χ4n) is 1.64. The second kappa shape index (κ2) is 9.51. The van der Waals surface area contributed by atoms with Crippen molar-refractivity contribution in [3.05, 3.63) is 0 Å². The maximum atomic E-state index is 12.2. The highest BCUT2D eigenvalue weighted by Crippen LogP contribution is 2.19. The van der Waals surface area contributed by atoms with Crippen LogP contribution in [-0.2, 0) is 14.3 Å². The molecule has 0 aliphatic carbocycles. The van der Waals surface area contributed by atoms with Gasteiger partial charge in [0.05, 0.1) is 33.0 Å². The zero-order valence-corrected chi connectivity index (χ0v) is 14.7. The van der Waals surface area contributed by atoms with Crippen LogP contribution in [-0.4, -0.2) is 62.3 Å². The largest absolute Gasteiger partial charge is 0.378 e. The molecule has 0 aromatic rings. The van der Waals surface area contributed by atoms with Gasteiger partial charge in [0, 0.05) is 24.0 Å². The molecule has 0 atom stereocenters. The van der Waals surface area contributed by atoms with E-state index < -0.39 is 0 Å². The van der Waals surface area contributed by atoms with Gasteiger partial charge in [0.15, 0.2) is 5.78 Å². The van der Waals surface area contributed by atoms with Crippen LogP contribution >= 0.6 is 0 Å². The minimum Gasteiger partial charge on any atom is -0.378 e. The summed E-state index contributed by atoms with van der Waals surface area (Å²) in [5.74, 6) is 0.253. The van der Waals surface area contributed by atoms with E-state index in [4.69, 9.17) is 15.2 Å². The molecule has 0 aliphatic heterocycles. The van der Waals surface area contributed by atoms with Gasteiger partial charge >= 0.3 is 0 Å². The number of hydrogen-bond acceptors (Lipinski definition) is 5. The molecule has 5 nitrogen and oxygen atoms in total. The summed E-state index contributed by atoms with van der Waals surface area (Å²) in [5, 5.41) is 0. The molecule has 0 aromatic carbocycles. The highest BCUT2D eigenvalue weighted by atomic mass is 16.5. The van der Waals surface area contributed by atoms with Crippen molar-refractivity contribution in [3.63, 3.8) is 0 Å². The summed E-state index contributed by atoms with van der Waals surface area (Å²) in [5.41, 5.74) is 4.97. The van der Waals surface area contributed by atoms with Gasteiger partial charge in [-0.25, -0.2) is 0 Å². The van der Waals surface area contributed by atoms with Crippen LogP contribution in [0.15, 0.2) is 0 Å². The molecular formula is C16H34N2O3. The van der Waals surface area contributed by atoms with Crippen LogP contribution in [0, 0.1) is 5.41 Å². The maximum Gasteiger partial charge on any atom is 0.152 e. The Balaban J connectivity index is 4.13. The van der Waals surface area contributed by atoms with Crippen molar-refractivity contribution in [1.82, 2.24) is 4.90 Å². The Hall–Kier alpha value is -0.490. The molecule has 0 fully saturated rings. The van der Waals surface area contributed by atoms with Gasteiger partial charge in [-0.05, 0) is 20.8 Å². The number of rotatable bonds is 10. The van der Waals surface area contributed by atoms with Crippen molar-refractivity contribution in [2.24, 2.45) is 11.1 Å². The number of ether oxygens (including phenoxy) is 2. The second-order valence-corrected chi connectivity index (χ2v) is 7.28. The van der Waals surface area contributed by atoms with Gasteiger partial charge in [0.25, 0.3) is 0 Å². The zero-order chi connectivity index (χ0) is 16.5. The Morgan fingerprint density at radius 1 is 0.952 bits per heavy atom. The number of carbonyl (C=O) groups excluding carboxylic acids is 1. The van der Waals surface area contributed by atoms with E-state index >= 15 is 0 Å². The maximum absolute atomic E-state index is 12.2. The van der Waals surface area contributed by atoms with Gasteiger partial charge in [-0.1, -0.05) is 20.8 Å². The monoisotopic (exact) mass is 302 g/mol. The van der Waals surface area contributed by atoms with Gasteiger partial charge in [-0.15, -0.1) is 0 Å². The Bertz CT molecular complexity index is 293. The third-order valence-electron chi connectivity index (χ3n) is 3.26. The lowest BCUT2D eigenvalue weighted by molar-refractivity contribution is -0.129. The van der Waals surface area contributed by atoms with Crippen LogP contribution < -0.4 is 5.73 Å². The molecule has 2 N–H and O–H groups in total. The van der Waals surface area contributed by atoms with Crippen molar-refractivity contribution in [2.75, 3.05) is 46.1 Å². The van der Waals surface area contributed by atoms with E-state index in [1.54, 1.807) is 0 Å². The first-order chi connectivity index (χ1) is 9.59. The fraction of sp³-hybridized carbons (Fsp3) is 0.938. The Morgan fingerprint density at radius 3 is 1.90 bits per heavy atom. The molecule has 0 aliphatic rings. The molecule has 0 spiro atoms. The van der Waals surface area contributed by atoms with E-state index in [0.29, 0.717) is 39.5 Å². The summed E-state index contributed by atoms with van der Waals surface area (Å²) in [6, 6.07) is 0. The summed E-state index contributed by atoms with van der Waals surface area (Å²) in [7, 11) is 0. The average Bonchev–Trinajstić information content (AvgIpc) is 2.33. The third-order valence-corrected chi connectivity index (χ3v) is 3.26. The molecule has 0 heterocycles. The predicted molar refractivity (Wildman–Crippen MR) is 86.5 cm³/mol. The first kappa shape index (κ1) is 20.5. The molecule has 0 saturated carbocycles. The molecule has 5 heteroatoms. The van der Waals surface area contributed by atoms with Crippen LogP contribution in [0.25, 0.3) is 0 Å². The normalized spacial score (nSPS) is 13.0. The molecule has 0 unspecified atom stereocenters. The Morgan fingerprint density at radius 2 is 1.48 bits per heavy atom. The first-order valence-electron chi connectivity index (χ1n) is 7.73. The number of nitrogens with zero attached hydrogens (tertiary/aromatic N) is 1. The predicted octanol–water partition coefficient (Wildman–Crippen LogP) is 1.69. The number of Topliss-reactive ketones (excluding diaryl/α,β-unsaturated/α-hetero) is 1. The second-order valence-electron chi connectivity index (χ2n) is 7.28. The summed E-state index contributed by atoms with van der Waals surface area (Å²) in [6.45, 7) is 16.3. The fourth-order valence-corrected chi connectivity index (χ4v) is 1.64. The van der Waals surface area contributed by atoms with Crippen molar-refractivity contribution in [2.45, 2.75) is 47.1 Å². The van der Waals surface area contributed by atoms with Gasteiger partial charge in [-0.3, -0.25) is 9.69 Å². The van der Waals surface area contributed by atoms with E-state index in [0.717, 1.165) is 6.54 Å². The lowest BCUT2D eigenvalue weighted by atomic mass is 9.89. The van der Waals surface area contributed by atoms with Crippen LogP contribution in [0.5, 0.6) is 0 Å². The van der Waals surface area contributed by atoms with Gasteiger partial charge in [-0.2, -0.15) is 0 Å². The van der Waals surface area contributed by atoms with Crippen LogP contribution in [0.4, 0.5) is 0 Å². The quantitative estimate of drug-likeness (QED) is 0.622. The minimum absolute atomic E-state index is 0.0552. The Kier molecular flexibility index (Phi) is 9.29. The van der Waals surface area contributed by atoms with Crippen molar-refractivity contribution in [1.29, 1.82) is 0 Å². The SMILES string of the molecule is CC(C)(C)C(=O)CN(CCOCCOCCN)C(C)(C)C. The van der Waals surface area contributed by atoms with E-state index in [2.05, 4.69) is 25.7 Å². The van der Waals surface area contributed by atoms with Gasteiger partial charge in [0.1, 0.15) is 0 Å². The average molecular weight is 302 g/mol. The molecule has 0 bridgehead atoms. The minimum atomic E-state index is -0.305. The van der Waals surface area contributed by atoms with Crippen LogP contribution in [0.1, 0.15) is 41.5 Å². The highest BCUT2D eigenvalue weighted by molar-refractivity contribution is 5.85. The van der Waals surface area contributed by atoms with E-state index in [9.17, 15) is 4.79 Å². The third kappa shape index (κ3) is 9.96.